The van der Waals surface area contributed by atoms with E-state index in [1.54, 1.807) is 24.3 Å². The van der Waals surface area contributed by atoms with Crippen LogP contribution in [0, 0.1) is 13.8 Å². The SMILES string of the molecule is COc1ccc(Cl)cc1/C(N)=N/OC(=O)c1cc(C)ccc1C. The first kappa shape index (κ1) is 16.8. The van der Waals surface area contributed by atoms with Gasteiger partial charge in [0.25, 0.3) is 0 Å². The van der Waals surface area contributed by atoms with Gasteiger partial charge < -0.3 is 15.3 Å². The zero-order chi connectivity index (χ0) is 17.0. The molecule has 0 aliphatic carbocycles. The van der Waals surface area contributed by atoms with Crippen LogP contribution in [0.5, 0.6) is 5.75 Å². The zero-order valence-corrected chi connectivity index (χ0v) is 13.8. The van der Waals surface area contributed by atoms with Crippen molar-refractivity contribution in [3.8, 4) is 5.75 Å². The Balaban J connectivity index is 2.24. The summed E-state index contributed by atoms with van der Waals surface area (Å²) < 4.78 is 5.19. The van der Waals surface area contributed by atoms with E-state index in [1.807, 2.05) is 26.0 Å². The molecule has 0 saturated carbocycles. The number of carbonyl (C=O) groups is 1. The standard InChI is InChI=1S/C17H17ClN2O3/c1-10-4-5-11(2)13(8-10)17(21)23-20-16(19)14-9-12(18)6-7-15(14)22-3/h4-9H,1-3H3,(H2,19,20). The number of nitrogens with two attached hydrogens (primary N) is 1. The van der Waals surface area contributed by atoms with Gasteiger partial charge in [-0.3, -0.25) is 0 Å². The molecule has 2 aromatic rings. The van der Waals surface area contributed by atoms with Crippen LogP contribution in [-0.2, 0) is 4.84 Å². The van der Waals surface area contributed by atoms with Crippen molar-refractivity contribution in [2.45, 2.75) is 13.8 Å². The molecule has 0 spiro atoms. The Hall–Kier alpha value is -2.53. The van der Waals surface area contributed by atoms with Crippen LogP contribution in [0.3, 0.4) is 0 Å². The molecule has 0 aromatic heterocycles. The van der Waals surface area contributed by atoms with Gasteiger partial charge in [-0.2, -0.15) is 0 Å². The Morgan fingerprint density at radius 3 is 2.57 bits per heavy atom. The highest BCUT2D eigenvalue weighted by molar-refractivity contribution is 6.31. The predicted octanol–water partition coefficient (Wildman–Crippen LogP) is 3.44. The second-order valence-electron chi connectivity index (χ2n) is 5.02. The first-order chi connectivity index (χ1) is 10.9. The third kappa shape index (κ3) is 4.02. The smallest absolute Gasteiger partial charge is 0.366 e. The highest BCUT2D eigenvalue weighted by Gasteiger charge is 2.13. The molecule has 0 heterocycles. The van der Waals surface area contributed by atoms with Gasteiger partial charge in [-0.15, -0.1) is 0 Å². The van der Waals surface area contributed by atoms with Crippen molar-refractivity contribution in [3.05, 3.63) is 63.7 Å². The van der Waals surface area contributed by atoms with Gasteiger partial charge in [-0.25, -0.2) is 4.79 Å². The number of methoxy groups -OCH3 is 1. The summed E-state index contributed by atoms with van der Waals surface area (Å²) in [5.41, 5.74) is 8.52. The normalized spacial score (nSPS) is 11.2. The predicted molar refractivity (Wildman–Crippen MR) is 90.1 cm³/mol. The Kier molecular flexibility index (Phi) is 5.24. The zero-order valence-electron chi connectivity index (χ0n) is 13.1. The Morgan fingerprint density at radius 1 is 1.13 bits per heavy atom. The molecule has 2 rings (SSSR count). The number of amidine groups is 1. The lowest BCUT2D eigenvalue weighted by Gasteiger charge is -2.08. The third-order valence-corrected chi connectivity index (χ3v) is 3.51. The first-order valence-corrected chi connectivity index (χ1v) is 7.26. The number of hydrogen-bond acceptors (Lipinski definition) is 4. The average molecular weight is 333 g/mol. The quantitative estimate of drug-likeness (QED) is 0.403. The van der Waals surface area contributed by atoms with Crippen LogP contribution in [-0.4, -0.2) is 18.9 Å². The summed E-state index contributed by atoms with van der Waals surface area (Å²) in [5, 5.41) is 4.17. The van der Waals surface area contributed by atoms with Gasteiger partial charge in [0.2, 0.25) is 0 Å². The molecule has 0 aliphatic rings. The van der Waals surface area contributed by atoms with Crippen LogP contribution in [0.4, 0.5) is 0 Å². The maximum absolute atomic E-state index is 12.1. The van der Waals surface area contributed by atoms with Crippen molar-refractivity contribution >= 4 is 23.4 Å². The van der Waals surface area contributed by atoms with Crippen molar-refractivity contribution in [3.63, 3.8) is 0 Å². The summed E-state index contributed by atoms with van der Waals surface area (Å²) in [4.78, 5) is 17.1. The topological polar surface area (TPSA) is 73.9 Å². The summed E-state index contributed by atoms with van der Waals surface area (Å²) in [5.74, 6) is -0.0865. The molecule has 0 atom stereocenters. The second-order valence-corrected chi connectivity index (χ2v) is 5.45. The number of nitrogens with zero attached hydrogens (tertiary/aromatic N) is 1. The lowest BCUT2D eigenvalue weighted by Crippen LogP contribution is -2.16. The maximum Gasteiger partial charge on any atom is 0.366 e. The molecule has 5 nitrogen and oxygen atoms in total. The van der Waals surface area contributed by atoms with Gasteiger partial charge in [-0.1, -0.05) is 34.5 Å². The molecule has 120 valence electrons. The number of ether oxygens (including phenoxy) is 1. The van der Waals surface area contributed by atoms with E-state index in [0.717, 1.165) is 11.1 Å². The highest BCUT2D eigenvalue weighted by atomic mass is 35.5. The molecule has 23 heavy (non-hydrogen) atoms. The van der Waals surface area contributed by atoms with Crippen molar-refractivity contribution in [2.75, 3.05) is 7.11 Å². The van der Waals surface area contributed by atoms with Gasteiger partial charge in [0.1, 0.15) is 5.75 Å². The van der Waals surface area contributed by atoms with Crippen molar-refractivity contribution < 1.29 is 14.4 Å². The van der Waals surface area contributed by atoms with Crippen LogP contribution < -0.4 is 10.5 Å². The Bertz CT molecular complexity index is 772. The molecule has 6 heteroatoms. The van der Waals surface area contributed by atoms with Crippen molar-refractivity contribution in [1.82, 2.24) is 0 Å². The molecule has 0 saturated heterocycles. The van der Waals surface area contributed by atoms with Crippen molar-refractivity contribution in [2.24, 2.45) is 10.9 Å². The summed E-state index contributed by atoms with van der Waals surface area (Å²) in [6, 6.07) is 10.4. The van der Waals surface area contributed by atoms with Crippen LogP contribution in [0.1, 0.15) is 27.0 Å². The number of hydrogen-bond donors (Lipinski definition) is 1. The van der Waals surface area contributed by atoms with Crippen LogP contribution >= 0.6 is 11.6 Å². The van der Waals surface area contributed by atoms with Gasteiger partial charge in [0, 0.05) is 5.02 Å². The number of rotatable bonds is 4. The van der Waals surface area contributed by atoms with E-state index < -0.39 is 5.97 Å². The minimum absolute atomic E-state index is 0.00278. The summed E-state index contributed by atoms with van der Waals surface area (Å²) in [7, 11) is 1.50. The summed E-state index contributed by atoms with van der Waals surface area (Å²) in [6.45, 7) is 3.72. The van der Waals surface area contributed by atoms with E-state index in [-0.39, 0.29) is 5.84 Å². The second kappa shape index (κ2) is 7.15. The van der Waals surface area contributed by atoms with E-state index in [1.165, 1.54) is 7.11 Å². The van der Waals surface area contributed by atoms with E-state index in [9.17, 15) is 4.79 Å². The molecule has 2 N–H and O–H groups in total. The number of benzene rings is 2. The van der Waals surface area contributed by atoms with E-state index >= 15 is 0 Å². The average Bonchev–Trinajstić information content (AvgIpc) is 2.54. The van der Waals surface area contributed by atoms with E-state index in [2.05, 4.69) is 5.16 Å². The minimum atomic E-state index is -0.574. The van der Waals surface area contributed by atoms with Crippen LogP contribution in [0.25, 0.3) is 0 Å². The molecular formula is C17H17ClN2O3. The van der Waals surface area contributed by atoms with Gasteiger partial charge in [0.05, 0.1) is 18.2 Å². The molecule has 0 unspecified atom stereocenters. The number of oxime groups is 1. The molecule has 0 bridgehead atoms. The molecule has 0 radical (unpaired) electrons. The number of carbonyl (C=O) groups excluding carboxylic acids is 1. The highest BCUT2D eigenvalue weighted by Crippen LogP contribution is 2.22. The van der Waals surface area contributed by atoms with Crippen LogP contribution in [0.2, 0.25) is 5.02 Å². The van der Waals surface area contributed by atoms with Gasteiger partial charge >= 0.3 is 5.97 Å². The summed E-state index contributed by atoms with van der Waals surface area (Å²) in [6.07, 6.45) is 0. The minimum Gasteiger partial charge on any atom is -0.496 e. The molecule has 0 aliphatic heterocycles. The molecule has 0 fully saturated rings. The largest absolute Gasteiger partial charge is 0.496 e. The van der Waals surface area contributed by atoms with Crippen LogP contribution in [0.15, 0.2) is 41.6 Å². The monoisotopic (exact) mass is 332 g/mol. The first-order valence-electron chi connectivity index (χ1n) is 6.88. The molecular weight excluding hydrogens is 316 g/mol. The lowest BCUT2D eigenvalue weighted by molar-refractivity contribution is 0.0515. The fourth-order valence-electron chi connectivity index (χ4n) is 2.03. The molecule has 0 amide bonds. The van der Waals surface area contributed by atoms with Crippen molar-refractivity contribution in [1.29, 1.82) is 0 Å². The maximum atomic E-state index is 12.1. The van der Waals surface area contributed by atoms with Gasteiger partial charge in [-0.05, 0) is 43.7 Å². The Morgan fingerprint density at radius 2 is 1.87 bits per heavy atom. The summed E-state index contributed by atoms with van der Waals surface area (Å²) >= 11 is 5.94. The number of halogens is 1. The third-order valence-electron chi connectivity index (χ3n) is 3.28. The Labute approximate surface area is 139 Å². The van der Waals surface area contributed by atoms with E-state index in [0.29, 0.717) is 21.9 Å². The fourth-order valence-corrected chi connectivity index (χ4v) is 2.20. The van der Waals surface area contributed by atoms with E-state index in [4.69, 9.17) is 26.9 Å². The lowest BCUT2D eigenvalue weighted by atomic mass is 10.1. The van der Waals surface area contributed by atoms with Gasteiger partial charge in [0.15, 0.2) is 5.84 Å². The number of aryl methyl sites for hydroxylation is 2. The molecule has 2 aromatic carbocycles. The fraction of sp³-hybridized carbons (Fsp3) is 0.176.